The van der Waals surface area contributed by atoms with Crippen LogP contribution in [0.5, 0.6) is 0 Å². The second-order valence-electron chi connectivity index (χ2n) is 3.90. The van der Waals surface area contributed by atoms with Gasteiger partial charge in [-0.2, -0.15) is 4.99 Å². The van der Waals surface area contributed by atoms with E-state index in [0.717, 1.165) is 19.3 Å². The summed E-state index contributed by atoms with van der Waals surface area (Å²) in [6, 6.07) is 8.14. The van der Waals surface area contributed by atoms with E-state index in [1.54, 1.807) is 6.08 Å². The highest BCUT2D eigenvalue weighted by Crippen LogP contribution is 2.45. The van der Waals surface area contributed by atoms with Crippen molar-refractivity contribution in [3.05, 3.63) is 35.4 Å². The summed E-state index contributed by atoms with van der Waals surface area (Å²) in [7, 11) is 0. The Balaban J connectivity index is 2.46. The molecule has 1 aromatic rings. The smallest absolute Gasteiger partial charge is 0.211 e. The minimum Gasteiger partial charge on any atom is -0.211 e. The number of nitrogens with zero attached hydrogens (tertiary/aromatic N) is 1. The van der Waals surface area contributed by atoms with Crippen LogP contribution in [0.1, 0.15) is 30.4 Å². The van der Waals surface area contributed by atoms with Gasteiger partial charge in [0.05, 0.1) is 5.54 Å². The first-order valence-electron chi connectivity index (χ1n) is 4.94. The van der Waals surface area contributed by atoms with Gasteiger partial charge in [0.1, 0.15) is 0 Å². The van der Waals surface area contributed by atoms with Gasteiger partial charge in [-0.3, -0.25) is 0 Å². The zero-order valence-electron chi connectivity index (χ0n) is 8.29. The summed E-state index contributed by atoms with van der Waals surface area (Å²) < 4.78 is 0. The Hall–Kier alpha value is -1.40. The summed E-state index contributed by atoms with van der Waals surface area (Å²) in [6.45, 7) is 2.07. The van der Waals surface area contributed by atoms with Gasteiger partial charge in [-0.25, -0.2) is 4.79 Å². The van der Waals surface area contributed by atoms with Crippen molar-refractivity contribution in [3.8, 4) is 0 Å². The molecule has 0 heterocycles. The average Bonchev–Trinajstić information content (AvgIpc) is 2.13. The van der Waals surface area contributed by atoms with E-state index in [1.807, 2.05) is 12.1 Å². The minimum atomic E-state index is -0.243. The maximum absolute atomic E-state index is 10.4. The number of aryl methyl sites for hydroxylation is 1. The Morgan fingerprint density at radius 1 is 1.36 bits per heavy atom. The SMILES string of the molecule is Cc1ccccc1C1(N=C=O)CCC1. The van der Waals surface area contributed by atoms with Gasteiger partial charge < -0.3 is 0 Å². The topological polar surface area (TPSA) is 29.4 Å². The van der Waals surface area contributed by atoms with Gasteiger partial charge in [0, 0.05) is 0 Å². The minimum absolute atomic E-state index is 0.243. The van der Waals surface area contributed by atoms with E-state index >= 15 is 0 Å². The lowest BCUT2D eigenvalue weighted by Gasteiger charge is -2.38. The Bertz CT molecular complexity index is 387. The number of benzene rings is 1. The summed E-state index contributed by atoms with van der Waals surface area (Å²) in [5.41, 5.74) is 2.16. The molecule has 2 heteroatoms. The Kier molecular flexibility index (Phi) is 2.22. The summed E-state index contributed by atoms with van der Waals surface area (Å²) in [5.74, 6) is 0. The van der Waals surface area contributed by atoms with Crippen LogP contribution in [0.4, 0.5) is 0 Å². The molecule has 1 fully saturated rings. The van der Waals surface area contributed by atoms with Crippen molar-refractivity contribution in [2.24, 2.45) is 4.99 Å². The molecule has 0 radical (unpaired) electrons. The third-order valence-electron chi connectivity index (χ3n) is 3.09. The van der Waals surface area contributed by atoms with Gasteiger partial charge in [0.25, 0.3) is 0 Å². The van der Waals surface area contributed by atoms with E-state index in [9.17, 15) is 4.79 Å². The molecule has 0 amide bonds. The lowest BCUT2D eigenvalue weighted by Crippen LogP contribution is -2.32. The summed E-state index contributed by atoms with van der Waals surface area (Å²) in [6.07, 6.45) is 4.82. The fraction of sp³-hybridized carbons (Fsp3) is 0.417. The molecule has 2 rings (SSSR count). The summed E-state index contributed by atoms with van der Waals surface area (Å²) in [5, 5.41) is 0. The Morgan fingerprint density at radius 3 is 2.57 bits per heavy atom. The van der Waals surface area contributed by atoms with Gasteiger partial charge in [0.15, 0.2) is 0 Å². The highest BCUT2D eigenvalue weighted by atomic mass is 16.1. The van der Waals surface area contributed by atoms with Crippen LogP contribution < -0.4 is 0 Å². The van der Waals surface area contributed by atoms with Crippen molar-refractivity contribution in [2.45, 2.75) is 31.7 Å². The Morgan fingerprint density at radius 2 is 2.07 bits per heavy atom. The van der Waals surface area contributed by atoms with Crippen LogP contribution in [0.2, 0.25) is 0 Å². The third-order valence-corrected chi connectivity index (χ3v) is 3.09. The van der Waals surface area contributed by atoms with Crippen LogP contribution >= 0.6 is 0 Å². The van der Waals surface area contributed by atoms with Crippen LogP contribution in [-0.4, -0.2) is 6.08 Å². The van der Waals surface area contributed by atoms with Crippen molar-refractivity contribution < 1.29 is 4.79 Å². The van der Waals surface area contributed by atoms with Gasteiger partial charge in [-0.1, -0.05) is 24.3 Å². The molecular formula is C12H13NO. The monoisotopic (exact) mass is 187 g/mol. The van der Waals surface area contributed by atoms with Crippen molar-refractivity contribution >= 4 is 6.08 Å². The van der Waals surface area contributed by atoms with Crippen molar-refractivity contribution in [2.75, 3.05) is 0 Å². The van der Waals surface area contributed by atoms with Crippen molar-refractivity contribution in [1.82, 2.24) is 0 Å². The van der Waals surface area contributed by atoms with Crippen molar-refractivity contribution in [3.63, 3.8) is 0 Å². The lowest BCUT2D eigenvalue weighted by atomic mass is 9.71. The first kappa shape index (κ1) is 9.17. The molecular weight excluding hydrogens is 174 g/mol. The van der Waals surface area contributed by atoms with Crippen LogP contribution in [0.25, 0.3) is 0 Å². The zero-order valence-corrected chi connectivity index (χ0v) is 8.29. The largest absolute Gasteiger partial charge is 0.235 e. The number of aliphatic imine (C=N–C) groups is 1. The lowest BCUT2D eigenvalue weighted by molar-refractivity contribution is 0.255. The van der Waals surface area contributed by atoms with Crippen molar-refractivity contribution in [1.29, 1.82) is 0 Å². The number of hydrogen-bond acceptors (Lipinski definition) is 2. The van der Waals surface area contributed by atoms with Crippen LogP contribution in [0, 0.1) is 6.92 Å². The molecule has 1 saturated carbocycles. The molecule has 0 N–H and O–H groups in total. The van der Waals surface area contributed by atoms with E-state index in [-0.39, 0.29) is 5.54 Å². The quantitative estimate of drug-likeness (QED) is 0.517. The standard InChI is InChI=1S/C12H13NO/c1-10-5-2-3-6-11(10)12(13-9-14)7-4-8-12/h2-3,5-6H,4,7-8H2,1H3. The predicted molar refractivity (Wildman–Crippen MR) is 54.8 cm³/mol. The molecule has 1 aliphatic rings. The molecule has 0 bridgehead atoms. The average molecular weight is 187 g/mol. The highest BCUT2D eigenvalue weighted by Gasteiger charge is 2.39. The fourth-order valence-electron chi connectivity index (χ4n) is 2.14. The highest BCUT2D eigenvalue weighted by molar-refractivity contribution is 5.41. The van der Waals surface area contributed by atoms with E-state index < -0.39 is 0 Å². The number of carbonyl (C=O) groups excluding carboxylic acids is 1. The molecule has 0 aliphatic heterocycles. The second kappa shape index (κ2) is 3.39. The van der Waals surface area contributed by atoms with Gasteiger partial charge in [-0.15, -0.1) is 0 Å². The van der Waals surface area contributed by atoms with Crippen LogP contribution in [-0.2, 0) is 10.3 Å². The normalized spacial score (nSPS) is 18.1. The van der Waals surface area contributed by atoms with Crippen LogP contribution in [0.15, 0.2) is 29.3 Å². The number of isocyanates is 1. The zero-order chi connectivity index (χ0) is 10.0. The van der Waals surface area contributed by atoms with E-state index in [4.69, 9.17) is 0 Å². The molecule has 14 heavy (non-hydrogen) atoms. The van der Waals surface area contributed by atoms with E-state index in [0.29, 0.717) is 0 Å². The molecule has 0 spiro atoms. The first-order chi connectivity index (χ1) is 6.78. The molecule has 0 unspecified atom stereocenters. The van der Waals surface area contributed by atoms with Gasteiger partial charge >= 0.3 is 0 Å². The number of hydrogen-bond donors (Lipinski definition) is 0. The van der Waals surface area contributed by atoms with E-state index in [2.05, 4.69) is 24.0 Å². The summed E-state index contributed by atoms with van der Waals surface area (Å²) in [4.78, 5) is 14.4. The van der Waals surface area contributed by atoms with E-state index in [1.165, 1.54) is 11.1 Å². The maximum atomic E-state index is 10.4. The Labute approximate surface area is 83.7 Å². The van der Waals surface area contributed by atoms with Crippen LogP contribution in [0.3, 0.4) is 0 Å². The third kappa shape index (κ3) is 1.28. The second-order valence-corrected chi connectivity index (χ2v) is 3.90. The first-order valence-corrected chi connectivity index (χ1v) is 4.94. The fourth-order valence-corrected chi connectivity index (χ4v) is 2.14. The van der Waals surface area contributed by atoms with Gasteiger partial charge in [-0.05, 0) is 37.3 Å². The molecule has 0 aromatic heterocycles. The molecule has 2 nitrogen and oxygen atoms in total. The van der Waals surface area contributed by atoms with Gasteiger partial charge in [0.2, 0.25) is 6.08 Å². The number of rotatable bonds is 2. The summed E-state index contributed by atoms with van der Waals surface area (Å²) >= 11 is 0. The predicted octanol–water partition coefficient (Wildman–Crippen LogP) is 2.71. The molecule has 0 atom stereocenters. The molecule has 1 aromatic carbocycles. The maximum Gasteiger partial charge on any atom is 0.235 e. The molecule has 1 aliphatic carbocycles. The molecule has 0 saturated heterocycles. The molecule has 72 valence electrons.